The van der Waals surface area contributed by atoms with Crippen LogP contribution in [-0.2, 0) is 33.6 Å². The van der Waals surface area contributed by atoms with Crippen LogP contribution >= 0.6 is 0 Å². The van der Waals surface area contributed by atoms with Gasteiger partial charge in [-0.3, -0.25) is 28.8 Å². The van der Waals surface area contributed by atoms with Crippen molar-refractivity contribution in [1.29, 1.82) is 0 Å². The molecule has 20 nitrogen and oxygen atoms in total. The van der Waals surface area contributed by atoms with Crippen LogP contribution in [0.3, 0.4) is 0 Å². The Hall–Kier alpha value is -5.34. The highest BCUT2D eigenvalue weighted by Crippen LogP contribution is 2.14. The van der Waals surface area contributed by atoms with E-state index in [1.54, 1.807) is 12.1 Å². The summed E-state index contributed by atoms with van der Waals surface area (Å²) in [5.41, 5.74) is 6.12. The van der Waals surface area contributed by atoms with Crippen LogP contribution in [0.25, 0.3) is 0 Å². The molecule has 0 aliphatic carbocycles. The number of hydrogen-bond donors (Lipinski definition) is 11. The smallest absolute Gasteiger partial charge is 0.335 e. The molecule has 1 rings (SSSR count). The highest BCUT2D eigenvalue weighted by molar-refractivity contribution is 5.93. The van der Waals surface area contributed by atoms with Gasteiger partial charge in [-0.05, 0) is 69.2 Å². The number of carboxylic acid groups (broad SMARTS) is 2. The molecule has 6 amide bonds. The van der Waals surface area contributed by atoms with Crippen molar-refractivity contribution in [3.63, 3.8) is 0 Å². The van der Waals surface area contributed by atoms with Crippen LogP contribution < -0.4 is 42.4 Å². The van der Waals surface area contributed by atoms with Crippen LogP contribution in [0.15, 0.2) is 24.3 Å². The number of ether oxygens (including phenoxy) is 1. The number of unbranched alkanes of at least 4 members (excludes halogenated alkanes) is 11. The van der Waals surface area contributed by atoms with E-state index in [4.69, 9.17) is 15.6 Å². The van der Waals surface area contributed by atoms with Crippen molar-refractivity contribution < 1.29 is 63.5 Å². The van der Waals surface area contributed by atoms with Crippen molar-refractivity contribution in [3.05, 3.63) is 29.8 Å². The molecule has 4 atom stereocenters. The van der Waals surface area contributed by atoms with E-state index in [0.29, 0.717) is 44.6 Å². The lowest BCUT2D eigenvalue weighted by atomic mass is 10.1. The molecule has 0 saturated carbocycles. The van der Waals surface area contributed by atoms with Gasteiger partial charge in [-0.15, -0.1) is 0 Å². The summed E-state index contributed by atoms with van der Waals surface area (Å²) in [5.74, 6) is -5.61. The molecule has 0 aromatic heterocycles. The van der Waals surface area contributed by atoms with Gasteiger partial charge < -0.3 is 62.8 Å². The third-order valence-corrected chi connectivity index (χ3v) is 9.96. The summed E-state index contributed by atoms with van der Waals surface area (Å²) < 4.78 is 5.64. The van der Waals surface area contributed by atoms with E-state index in [1.165, 1.54) is 12.1 Å². The summed E-state index contributed by atoms with van der Waals surface area (Å²) in [6.07, 6.45) is 12.2. The first kappa shape index (κ1) is 55.7. The lowest BCUT2D eigenvalue weighted by Gasteiger charge is -2.19. The minimum atomic E-state index is -1.49. The van der Waals surface area contributed by atoms with Crippen LogP contribution in [0, 0.1) is 0 Å². The zero-order chi connectivity index (χ0) is 46.8. The van der Waals surface area contributed by atoms with E-state index in [1.807, 2.05) is 0 Å². The number of nitrogens with two attached hydrogens (primary N) is 1. The number of aliphatic hydroxyl groups excluding tert-OH is 2. The van der Waals surface area contributed by atoms with E-state index >= 15 is 0 Å². The second-order valence-corrected chi connectivity index (χ2v) is 15.3. The van der Waals surface area contributed by atoms with Gasteiger partial charge in [-0.1, -0.05) is 64.7 Å². The third-order valence-electron chi connectivity index (χ3n) is 9.96. The van der Waals surface area contributed by atoms with E-state index in [0.717, 1.165) is 70.6 Å². The Morgan fingerprint density at radius 3 is 1.65 bits per heavy atom. The minimum Gasteiger partial charge on any atom is -0.494 e. The Kier molecular flexibility index (Phi) is 30.2. The maximum Gasteiger partial charge on any atom is 0.335 e. The van der Waals surface area contributed by atoms with Crippen LogP contribution in [-0.4, -0.2) is 131 Å². The molecule has 1 aromatic carbocycles. The van der Waals surface area contributed by atoms with Crippen molar-refractivity contribution in [3.8, 4) is 5.75 Å². The first-order valence-electron chi connectivity index (χ1n) is 22.1. The molecule has 0 fully saturated rings. The molecule has 0 spiro atoms. The first-order chi connectivity index (χ1) is 30.2. The monoisotopic (exact) mass is 894 g/mol. The molecule has 0 aliphatic heterocycles. The third kappa shape index (κ3) is 26.7. The number of rotatable bonds is 37. The van der Waals surface area contributed by atoms with Gasteiger partial charge in [0.25, 0.3) is 0 Å². The Bertz CT molecular complexity index is 1550. The molecule has 63 heavy (non-hydrogen) atoms. The summed E-state index contributed by atoms with van der Waals surface area (Å²) in [5, 5.41) is 52.4. The van der Waals surface area contributed by atoms with Crippen molar-refractivity contribution in [2.45, 2.75) is 147 Å². The summed E-state index contributed by atoms with van der Waals surface area (Å²) in [6.45, 7) is 1.14. The van der Waals surface area contributed by atoms with Crippen molar-refractivity contribution >= 4 is 47.4 Å². The Balaban J connectivity index is 2.24. The van der Waals surface area contributed by atoms with E-state index < -0.39 is 91.8 Å². The molecular weight excluding hydrogens is 823 g/mol. The summed E-state index contributed by atoms with van der Waals surface area (Å²) in [6, 6.07) is 1.46. The van der Waals surface area contributed by atoms with Crippen LogP contribution in [0.4, 0.5) is 0 Å². The molecule has 1 aromatic rings. The quantitative estimate of drug-likeness (QED) is 0.0416. The van der Waals surface area contributed by atoms with Crippen molar-refractivity contribution in [1.82, 2.24) is 31.9 Å². The Morgan fingerprint density at radius 2 is 1.08 bits per heavy atom. The van der Waals surface area contributed by atoms with Gasteiger partial charge in [0, 0.05) is 25.9 Å². The van der Waals surface area contributed by atoms with Crippen LogP contribution in [0.1, 0.15) is 133 Å². The summed E-state index contributed by atoms with van der Waals surface area (Å²) in [7, 11) is 0. The normalized spacial score (nSPS) is 12.8. The number of hydrogen-bond acceptors (Lipinski definition) is 12. The fraction of sp³-hybridized carbons (Fsp3) is 0.674. The predicted molar refractivity (Wildman–Crippen MR) is 232 cm³/mol. The molecule has 0 saturated heterocycles. The number of nitrogens with one attached hydrogen (secondary N) is 6. The minimum absolute atomic E-state index is 0.121. The number of aliphatic hydroxyl groups is 2. The zero-order valence-corrected chi connectivity index (χ0v) is 36.6. The van der Waals surface area contributed by atoms with Gasteiger partial charge in [0.1, 0.15) is 23.9 Å². The van der Waals surface area contributed by atoms with Gasteiger partial charge in [0.15, 0.2) is 0 Å². The molecule has 0 radical (unpaired) electrons. The van der Waals surface area contributed by atoms with Gasteiger partial charge in [0.05, 0.1) is 38.0 Å². The molecule has 356 valence electrons. The highest BCUT2D eigenvalue weighted by atomic mass is 16.5. The maximum atomic E-state index is 12.6. The fourth-order valence-electron chi connectivity index (χ4n) is 6.17. The zero-order valence-electron chi connectivity index (χ0n) is 36.6. The number of carbonyl (C=O) groups excluding carboxylic acids is 6. The number of aromatic carboxylic acids is 1. The number of amides is 6. The van der Waals surface area contributed by atoms with Gasteiger partial charge in [-0.2, -0.15) is 0 Å². The lowest BCUT2D eigenvalue weighted by Crippen LogP contribution is -2.54. The van der Waals surface area contributed by atoms with Crippen LogP contribution in [0.2, 0.25) is 0 Å². The van der Waals surface area contributed by atoms with Gasteiger partial charge in [-0.25, -0.2) is 9.59 Å². The molecular formula is C43H71N7O13. The highest BCUT2D eigenvalue weighted by Gasteiger charge is 2.25. The summed E-state index contributed by atoms with van der Waals surface area (Å²) in [4.78, 5) is 97.2. The second kappa shape index (κ2) is 34.2. The van der Waals surface area contributed by atoms with Crippen molar-refractivity contribution in [2.75, 3.05) is 39.5 Å². The largest absolute Gasteiger partial charge is 0.494 e. The molecule has 0 bridgehead atoms. The number of aliphatic carboxylic acids is 1. The Labute approximate surface area is 369 Å². The molecule has 0 heterocycles. The van der Waals surface area contributed by atoms with Crippen LogP contribution in [0.5, 0.6) is 5.75 Å². The number of benzene rings is 1. The predicted octanol–water partition coefficient (Wildman–Crippen LogP) is 1.00. The topological polar surface area (TPSA) is 325 Å². The lowest BCUT2D eigenvalue weighted by molar-refractivity contribution is -0.142. The molecule has 20 heteroatoms. The number of carboxylic acids is 2. The Morgan fingerprint density at radius 1 is 0.571 bits per heavy atom. The fourth-order valence-corrected chi connectivity index (χ4v) is 6.17. The average molecular weight is 894 g/mol. The standard InChI is InChI=1S/C43H71N7O13/c1-2-3-13-24-45-39(56)32(44)16-12-14-25-46-40(57)34(28-51)50-38(55)27-47-41(58)35(29-52)49-37(54)23-22-33(43(61)62)48-36(53)17-11-9-7-5-4-6-8-10-15-26-63-31-20-18-30(19-21-31)42(59)60/h18-21,32-35,51-52H,2-17,22-29,44H2,1H3,(H,45,56)(H,46,57)(H,47,58)(H,48,53)(H,49,54)(H,50,55)(H,59,60)(H,61,62)/t32-,33?,34?,35?/m0/s1. The van der Waals surface area contributed by atoms with Gasteiger partial charge >= 0.3 is 11.9 Å². The first-order valence-corrected chi connectivity index (χ1v) is 22.1. The van der Waals surface area contributed by atoms with E-state index in [2.05, 4.69) is 38.8 Å². The molecule has 12 N–H and O–H groups in total. The second-order valence-electron chi connectivity index (χ2n) is 15.3. The van der Waals surface area contributed by atoms with E-state index in [-0.39, 0.29) is 30.9 Å². The van der Waals surface area contributed by atoms with E-state index in [9.17, 15) is 53.7 Å². The molecule has 0 aliphatic rings. The number of carbonyl (C=O) groups is 8. The maximum absolute atomic E-state index is 12.6. The van der Waals surface area contributed by atoms with Crippen molar-refractivity contribution in [2.24, 2.45) is 5.73 Å². The average Bonchev–Trinajstić information content (AvgIpc) is 3.26. The summed E-state index contributed by atoms with van der Waals surface area (Å²) >= 11 is 0. The van der Waals surface area contributed by atoms with Gasteiger partial charge in [0.2, 0.25) is 35.4 Å². The SMILES string of the molecule is CCCCCNC(=O)[C@@H](N)CCCCNC(=O)C(CO)NC(=O)CNC(=O)C(CO)NC(=O)CCC(NC(=O)CCCCCCCCCCCOc1ccc(C(=O)O)cc1)C(=O)O. The molecule has 3 unspecified atom stereocenters.